The summed E-state index contributed by atoms with van der Waals surface area (Å²) >= 11 is 1.71. The number of ether oxygens (including phenoxy) is 1. The highest BCUT2D eigenvalue weighted by Gasteiger charge is 2.27. The molecule has 2 heterocycles. The lowest BCUT2D eigenvalue weighted by Gasteiger charge is -2.19. The van der Waals surface area contributed by atoms with Crippen LogP contribution in [0.15, 0.2) is 5.38 Å². The number of aromatic nitrogens is 2. The maximum absolute atomic E-state index is 5.54. The Bertz CT molecular complexity index is 575. The number of hydrogen-bond acceptors (Lipinski definition) is 4. The van der Waals surface area contributed by atoms with Crippen molar-refractivity contribution in [1.29, 1.82) is 0 Å². The molecule has 1 aliphatic carbocycles. The SMILES string of the molecule is COC1CCCC1NCc1c(C)nc2scc(C)n12. The molecule has 0 aliphatic heterocycles. The van der Waals surface area contributed by atoms with Gasteiger partial charge in [0.2, 0.25) is 0 Å². The Hall–Kier alpha value is -0.910. The van der Waals surface area contributed by atoms with Gasteiger partial charge in [0.25, 0.3) is 0 Å². The molecule has 0 aromatic carbocycles. The Kier molecular flexibility index (Phi) is 3.60. The molecule has 1 saturated carbocycles. The lowest BCUT2D eigenvalue weighted by atomic mass is 10.2. The van der Waals surface area contributed by atoms with Gasteiger partial charge in [-0.05, 0) is 33.1 Å². The van der Waals surface area contributed by atoms with E-state index < -0.39 is 0 Å². The Labute approximate surface area is 117 Å². The number of fused-ring (bicyclic) bond motifs is 1. The van der Waals surface area contributed by atoms with Crippen molar-refractivity contribution >= 4 is 16.3 Å². The minimum atomic E-state index is 0.368. The molecule has 0 bridgehead atoms. The number of nitrogens with one attached hydrogen (secondary N) is 1. The van der Waals surface area contributed by atoms with Gasteiger partial charge in [-0.25, -0.2) is 4.98 Å². The number of nitrogens with zero attached hydrogens (tertiary/aromatic N) is 2. The summed E-state index contributed by atoms with van der Waals surface area (Å²) in [5, 5.41) is 5.82. The van der Waals surface area contributed by atoms with E-state index in [0.717, 1.165) is 17.2 Å². The van der Waals surface area contributed by atoms with Crippen molar-refractivity contribution in [3.8, 4) is 0 Å². The highest BCUT2D eigenvalue weighted by molar-refractivity contribution is 7.15. The summed E-state index contributed by atoms with van der Waals surface area (Å²) in [6, 6.07) is 0.480. The van der Waals surface area contributed by atoms with Crippen molar-refractivity contribution in [1.82, 2.24) is 14.7 Å². The van der Waals surface area contributed by atoms with E-state index in [9.17, 15) is 0 Å². The fourth-order valence-electron chi connectivity index (χ4n) is 3.05. The molecule has 0 saturated heterocycles. The lowest BCUT2D eigenvalue weighted by molar-refractivity contribution is 0.0846. The Morgan fingerprint density at radius 3 is 3.11 bits per heavy atom. The molecule has 0 radical (unpaired) electrons. The third-order valence-corrected chi connectivity index (χ3v) is 5.06. The molecule has 5 heteroatoms. The lowest BCUT2D eigenvalue weighted by Crippen LogP contribution is -2.36. The van der Waals surface area contributed by atoms with Crippen LogP contribution in [0.25, 0.3) is 4.96 Å². The molecule has 2 unspecified atom stereocenters. The van der Waals surface area contributed by atoms with Crippen LogP contribution in [0, 0.1) is 13.8 Å². The van der Waals surface area contributed by atoms with E-state index >= 15 is 0 Å². The van der Waals surface area contributed by atoms with E-state index in [1.807, 2.05) is 7.11 Å². The number of hydrogen-bond donors (Lipinski definition) is 1. The Morgan fingerprint density at radius 1 is 1.47 bits per heavy atom. The Morgan fingerprint density at radius 2 is 2.32 bits per heavy atom. The van der Waals surface area contributed by atoms with E-state index in [1.165, 1.54) is 30.7 Å². The molecule has 19 heavy (non-hydrogen) atoms. The minimum absolute atomic E-state index is 0.368. The number of rotatable bonds is 4. The number of methoxy groups -OCH3 is 1. The van der Waals surface area contributed by atoms with Gasteiger partial charge in [-0.15, -0.1) is 11.3 Å². The second-order valence-corrected chi connectivity index (χ2v) is 6.17. The van der Waals surface area contributed by atoms with E-state index in [2.05, 4.69) is 33.9 Å². The van der Waals surface area contributed by atoms with Gasteiger partial charge >= 0.3 is 0 Å². The molecule has 1 aliphatic rings. The first kappa shape index (κ1) is 13.1. The average molecular weight is 279 g/mol. The first-order chi connectivity index (χ1) is 9.20. The van der Waals surface area contributed by atoms with Crippen LogP contribution < -0.4 is 5.32 Å². The van der Waals surface area contributed by atoms with Gasteiger partial charge < -0.3 is 10.1 Å². The molecule has 0 spiro atoms. The maximum atomic E-state index is 5.54. The van der Waals surface area contributed by atoms with Crippen molar-refractivity contribution in [2.24, 2.45) is 0 Å². The van der Waals surface area contributed by atoms with E-state index in [0.29, 0.717) is 12.1 Å². The molecular formula is C14H21N3OS. The summed E-state index contributed by atoms with van der Waals surface area (Å²) in [6.07, 6.45) is 4.01. The van der Waals surface area contributed by atoms with Crippen molar-refractivity contribution in [2.75, 3.05) is 7.11 Å². The summed E-state index contributed by atoms with van der Waals surface area (Å²) in [5.41, 5.74) is 3.69. The van der Waals surface area contributed by atoms with Gasteiger partial charge in [-0.3, -0.25) is 4.40 Å². The van der Waals surface area contributed by atoms with Crippen LogP contribution in [0.1, 0.15) is 36.3 Å². The summed E-state index contributed by atoms with van der Waals surface area (Å²) < 4.78 is 7.80. The standard InChI is InChI=1S/C14H21N3OS/c1-9-8-19-14-16-10(2)12(17(9)14)7-15-11-5-4-6-13(11)18-3/h8,11,13,15H,4-7H2,1-3H3. The van der Waals surface area contributed by atoms with Crippen LogP contribution >= 0.6 is 11.3 Å². The van der Waals surface area contributed by atoms with Crippen molar-refractivity contribution in [2.45, 2.75) is 51.8 Å². The number of imidazole rings is 1. The van der Waals surface area contributed by atoms with Crippen molar-refractivity contribution in [3.63, 3.8) is 0 Å². The zero-order valence-corrected chi connectivity index (χ0v) is 12.6. The van der Waals surface area contributed by atoms with Crippen LogP contribution in [-0.4, -0.2) is 28.6 Å². The highest BCUT2D eigenvalue weighted by Crippen LogP contribution is 2.24. The number of thiazole rings is 1. The quantitative estimate of drug-likeness (QED) is 0.935. The second kappa shape index (κ2) is 5.23. The van der Waals surface area contributed by atoms with Crippen molar-refractivity contribution in [3.05, 3.63) is 22.5 Å². The van der Waals surface area contributed by atoms with Gasteiger partial charge in [-0.1, -0.05) is 0 Å². The van der Waals surface area contributed by atoms with E-state index in [-0.39, 0.29) is 0 Å². The van der Waals surface area contributed by atoms with Crippen LogP contribution in [-0.2, 0) is 11.3 Å². The van der Waals surface area contributed by atoms with Gasteiger partial charge in [0.1, 0.15) is 0 Å². The molecule has 3 rings (SSSR count). The minimum Gasteiger partial charge on any atom is -0.380 e. The molecule has 104 valence electrons. The average Bonchev–Trinajstić information content (AvgIpc) is 3.05. The molecule has 1 fully saturated rings. The third kappa shape index (κ3) is 2.30. The predicted octanol–water partition coefficient (Wildman–Crippen LogP) is 2.67. The number of aryl methyl sites for hydroxylation is 2. The van der Waals surface area contributed by atoms with Crippen LogP contribution in [0.3, 0.4) is 0 Å². The molecule has 1 N–H and O–H groups in total. The summed E-state index contributed by atoms with van der Waals surface area (Å²) in [7, 11) is 1.82. The monoisotopic (exact) mass is 279 g/mol. The zero-order chi connectivity index (χ0) is 13.4. The van der Waals surface area contributed by atoms with E-state index in [4.69, 9.17) is 4.74 Å². The first-order valence-corrected chi connectivity index (χ1v) is 7.77. The molecular weight excluding hydrogens is 258 g/mol. The summed E-state index contributed by atoms with van der Waals surface area (Å²) in [4.78, 5) is 5.73. The highest BCUT2D eigenvalue weighted by atomic mass is 32.1. The van der Waals surface area contributed by atoms with Crippen LogP contribution in [0.2, 0.25) is 0 Å². The van der Waals surface area contributed by atoms with Gasteiger partial charge in [0.15, 0.2) is 4.96 Å². The topological polar surface area (TPSA) is 38.6 Å². The maximum Gasteiger partial charge on any atom is 0.194 e. The fraction of sp³-hybridized carbons (Fsp3) is 0.643. The van der Waals surface area contributed by atoms with Gasteiger partial charge in [0.05, 0.1) is 17.5 Å². The summed E-state index contributed by atoms with van der Waals surface area (Å²) in [6.45, 7) is 5.11. The molecule has 2 aromatic rings. The molecule has 4 nitrogen and oxygen atoms in total. The molecule has 0 amide bonds. The first-order valence-electron chi connectivity index (χ1n) is 6.89. The summed E-state index contributed by atoms with van der Waals surface area (Å²) in [5.74, 6) is 0. The molecule has 2 aromatic heterocycles. The largest absolute Gasteiger partial charge is 0.380 e. The third-order valence-electron chi connectivity index (χ3n) is 4.12. The Balaban J connectivity index is 1.78. The van der Waals surface area contributed by atoms with E-state index in [1.54, 1.807) is 11.3 Å². The molecule has 2 atom stereocenters. The normalized spacial score (nSPS) is 23.5. The predicted molar refractivity (Wildman–Crippen MR) is 77.8 cm³/mol. The van der Waals surface area contributed by atoms with Gasteiger partial charge in [-0.2, -0.15) is 0 Å². The zero-order valence-electron chi connectivity index (χ0n) is 11.8. The fourth-order valence-corrected chi connectivity index (χ4v) is 3.98. The van der Waals surface area contributed by atoms with Crippen molar-refractivity contribution < 1.29 is 4.74 Å². The van der Waals surface area contributed by atoms with Crippen LogP contribution in [0.4, 0.5) is 0 Å². The smallest absolute Gasteiger partial charge is 0.194 e. The van der Waals surface area contributed by atoms with Crippen LogP contribution in [0.5, 0.6) is 0 Å². The second-order valence-electron chi connectivity index (χ2n) is 5.33. The van der Waals surface area contributed by atoms with Gasteiger partial charge in [0, 0.05) is 30.8 Å².